The van der Waals surface area contributed by atoms with Gasteiger partial charge in [0.2, 0.25) is 5.91 Å². The lowest BCUT2D eigenvalue weighted by molar-refractivity contribution is -0.143. The minimum absolute atomic E-state index is 0.125. The normalized spacial score (nSPS) is 17.7. The Morgan fingerprint density at radius 1 is 1.29 bits per heavy atom. The predicted octanol–water partition coefficient (Wildman–Crippen LogP) is 2.89. The Hall–Kier alpha value is -0.680. The molecular weight excluding hydrogens is 284 g/mol. The van der Waals surface area contributed by atoms with Gasteiger partial charge in [-0.25, -0.2) is 0 Å². The Bertz CT molecular complexity index is 350. The molecule has 2 N–H and O–H groups in total. The summed E-state index contributed by atoms with van der Waals surface area (Å²) in [5.41, 5.74) is 5.38. The van der Waals surface area contributed by atoms with Crippen LogP contribution in [0.1, 0.15) is 58.8 Å². The van der Waals surface area contributed by atoms with Crippen LogP contribution in [0.4, 0.5) is 0 Å². The lowest BCUT2D eigenvalue weighted by Gasteiger charge is -2.41. The number of ether oxygens (including phenoxy) is 1. The van der Waals surface area contributed by atoms with Crippen LogP contribution < -0.4 is 5.73 Å². The van der Waals surface area contributed by atoms with E-state index in [0.717, 1.165) is 38.5 Å². The molecule has 0 spiro atoms. The molecular formula is C16H30N2O2S. The summed E-state index contributed by atoms with van der Waals surface area (Å²) in [5.74, 6) is 0.125. The first-order valence-corrected chi connectivity index (χ1v) is 8.54. The highest BCUT2D eigenvalue weighted by molar-refractivity contribution is 7.80. The number of carbonyl (C=O) groups excluding carboxylic acids is 1. The molecule has 0 atom stereocenters. The summed E-state index contributed by atoms with van der Waals surface area (Å²) in [7, 11) is 1.67. The monoisotopic (exact) mass is 314 g/mol. The zero-order valence-electron chi connectivity index (χ0n) is 13.7. The fourth-order valence-corrected chi connectivity index (χ4v) is 3.66. The van der Waals surface area contributed by atoms with Crippen LogP contribution in [0.2, 0.25) is 0 Å². The summed E-state index contributed by atoms with van der Waals surface area (Å²) < 4.78 is 5.18. The molecule has 1 rings (SSSR count). The Labute approximate surface area is 134 Å². The van der Waals surface area contributed by atoms with Crippen LogP contribution >= 0.6 is 12.2 Å². The quantitative estimate of drug-likeness (QED) is 0.700. The molecule has 1 fully saturated rings. The van der Waals surface area contributed by atoms with E-state index < -0.39 is 5.41 Å². The summed E-state index contributed by atoms with van der Waals surface area (Å²) in [6.45, 7) is 5.41. The molecule has 21 heavy (non-hydrogen) atoms. The van der Waals surface area contributed by atoms with Gasteiger partial charge in [-0.2, -0.15) is 0 Å². The van der Waals surface area contributed by atoms with Crippen LogP contribution in [-0.4, -0.2) is 42.1 Å². The highest BCUT2D eigenvalue weighted by atomic mass is 32.1. The van der Waals surface area contributed by atoms with Crippen molar-refractivity contribution in [2.45, 2.75) is 64.8 Å². The van der Waals surface area contributed by atoms with E-state index in [9.17, 15) is 4.79 Å². The molecule has 0 aliphatic heterocycles. The number of hydrogen-bond acceptors (Lipinski definition) is 3. The molecule has 1 saturated carbocycles. The lowest BCUT2D eigenvalue weighted by atomic mass is 9.72. The Morgan fingerprint density at radius 3 is 2.29 bits per heavy atom. The summed E-state index contributed by atoms with van der Waals surface area (Å²) in [6, 6.07) is 0.237. The molecule has 5 heteroatoms. The van der Waals surface area contributed by atoms with Gasteiger partial charge in [-0.3, -0.25) is 4.79 Å². The van der Waals surface area contributed by atoms with Gasteiger partial charge in [-0.05, 0) is 25.7 Å². The molecule has 0 unspecified atom stereocenters. The van der Waals surface area contributed by atoms with Crippen LogP contribution in [0.5, 0.6) is 0 Å². The number of rotatable bonds is 8. The van der Waals surface area contributed by atoms with E-state index in [-0.39, 0.29) is 11.9 Å². The molecule has 4 nitrogen and oxygen atoms in total. The molecule has 0 radical (unpaired) electrons. The number of thiocarbonyl (C=S) groups is 1. The third-order valence-electron chi connectivity index (χ3n) is 4.77. The molecule has 1 aliphatic carbocycles. The highest BCUT2D eigenvalue weighted by Crippen LogP contribution is 2.39. The lowest BCUT2D eigenvalue weighted by Crippen LogP contribution is -2.55. The molecule has 0 saturated heterocycles. The number of amides is 1. The van der Waals surface area contributed by atoms with Gasteiger partial charge in [-0.15, -0.1) is 0 Å². The van der Waals surface area contributed by atoms with Gasteiger partial charge in [0.25, 0.3) is 0 Å². The van der Waals surface area contributed by atoms with Crippen molar-refractivity contribution in [2.24, 2.45) is 11.1 Å². The minimum Gasteiger partial charge on any atom is -0.392 e. The van der Waals surface area contributed by atoms with Crippen molar-refractivity contribution in [3.8, 4) is 0 Å². The van der Waals surface area contributed by atoms with Crippen LogP contribution in [-0.2, 0) is 9.53 Å². The maximum Gasteiger partial charge on any atom is 0.235 e. The van der Waals surface area contributed by atoms with Crippen LogP contribution in [0.15, 0.2) is 0 Å². The van der Waals surface area contributed by atoms with Crippen LogP contribution in [0.25, 0.3) is 0 Å². The van der Waals surface area contributed by atoms with Gasteiger partial charge < -0.3 is 15.4 Å². The van der Waals surface area contributed by atoms with Crippen molar-refractivity contribution in [1.29, 1.82) is 0 Å². The summed E-state index contributed by atoms with van der Waals surface area (Å²) >= 11 is 5.29. The van der Waals surface area contributed by atoms with E-state index in [2.05, 4.69) is 13.8 Å². The first-order valence-electron chi connectivity index (χ1n) is 8.13. The van der Waals surface area contributed by atoms with E-state index >= 15 is 0 Å². The molecule has 0 bridgehead atoms. The maximum atomic E-state index is 13.2. The summed E-state index contributed by atoms with van der Waals surface area (Å²) in [5, 5.41) is 0. The number of hydrogen-bond donors (Lipinski definition) is 1. The number of nitrogens with zero attached hydrogens (tertiary/aromatic N) is 1. The first kappa shape index (κ1) is 18.4. The van der Waals surface area contributed by atoms with Gasteiger partial charge >= 0.3 is 0 Å². The smallest absolute Gasteiger partial charge is 0.235 e. The van der Waals surface area contributed by atoms with Crippen LogP contribution in [0, 0.1) is 5.41 Å². The average Bonchev–Trinajstić information content (AvgIpc) is 2.51. The van der Waals surface area contributed by atoms with Crippen molar-refractivity contribution in [1.82, 2.24) is 4.90 Å². The number of carbonyl (C=O) groups is 1. The van der Waals surface area contributed by atoms with Crippen molar-refractivity contribution in [3.63, 3.8) is 0 Å². The van der Waals surface area contributed by atoms with Gasteiger partial charge in [-0.1, -0.05) is 45.3 Å². The summed E-state index contributed by atoms with van der Waals surface area (Å²) in [6.07, 6.45) is 6.71. The molecule has 0 aromatic rings. The predicted molar refractivity (Wildman–Crippen MR) is 90.3 cm³/mol. The molecule has 0 aromatic heterocycles. The fraction of sp³-hybridized carbons (Fsp3) is 0.875. The topological polar surface area (TPSA) is 55.6 Å². The second kappa shape index (κ2) is 8.69. The van der Waals surface area contributed by atoms with E-state index in [1.165, 1.54) is 6.42 Å². The zero-order chi connectivity index (χ0) is 15.9. The number of nitrogens with two attached hydrogens (primary N) is 1. The second-order valence-corrected chi connectivity index (χ2v) is 6.41. The van der Waals surface area contributed by atoms with Crippen LogP contribution in [0.3, 0.4) is 0 Å². The Balaban J connectivity index is 3.02. The SMILES string of the molecule is CCC(CC)N(CCOC)C(=O)C1(C(N)=S)CCCCC1. The van der Waals surface area contributed by atoms with Crippen molar-refractivity contribution in [3.05, 3.63) is 0 Å². The molecule has 0 heterocycles. The molecule has 122 valence electrons. The van der Waals surface area contributed by atoms with Gasteiger partial charge in [0.15, 0.2) is 0 Å². The van der Waals surface area contributed by atoms with E-state index in [1.807, 2.05) is 4.90 Å². The third kappa shape index (κ3) is 4.16. The molecule has 0 aromatic carbocycles. The minimum atomic E-state index is -0.621. The summed E-state index contributed by atoms with van der Waals surface area (Å²) in [4.78, 5) is 15.6. The van der Waals surface area contributed by atoms with Crippen molar-refractivity contribution < 1.29 is 9.53 Å². The average molecular weight is 314 g/mol. The maximum absolute atomic E-state index is 13.2. The van der Waals surface area contributed by atoms with E-state index in [4.69, 9.17) is 22.7 Å². The van der Waals surface area contributed by atoms with Gasteiger partial charge in [0.05, 0.1) is 17.0 Å². The number of methoxy groups -OCH3 is 1. The van der Waals surface area contributed by atoms with Gasteiger partial charge in [0.1, 0.15) is 0 Å². The zero-order valence-corrected chi connectivity index (χ0v) is 14.5. The first-order chi connectivity index (χ1) is 10.0. The van der Waals surface area contributed by atoms with Crippen molar-refractivity contribution >= 4 is 23.1 Å². The standard InChI is InChI=1S/C16H30N2O2S/c1-4-13(5-2)18(11-12-20-3)15(19)16(14(17)21)9-7-6-8-10-16/h13H,4-12H2,1-3H3,(H2,17,21). The molecule has 1 amide bonds. The fourth-order valence-electron chi connectivity index (χ4n) is 3.36. The largest absolute Gasteiger partial charge is 0.392 e. The van der Waals surface area contributed by atoms with Crippen molar-refractivity contribution in [2.75, 3.05) is 20.3 Å². The van der Waals surface area contributed by atoms with E-state index in [0.29, 0.717) is 18.1 Å². The Kier molecular flexibility index (Phi) is 7.60. The van der Waals surface area contributed by atoms with Gasteiger partial charge in [0, 0.05) is 19.7 Å². The third-order valence-corrected chi connectivity index (χ3v) is 5.16. The molecule has 1 aliphatic rings. The second-order valence-electron chi connectivity index (χ2n) is 5.97. The Morgan fingerprint density at radius 2 is 1.86 bits per heavy atom. The van der Waals surface area contributed by atoms with E-state index in [1.54, 1.807) is 7.11 Å². The highest BCUT2D eigenvalue weighted by Gasteiger charge is 2.45.